The maximum absolute atomic E-state index is 11.5. The van der Waals surface area contributed by atoms with Crippen molar-refractivity contribution in [3.05, 3.63) is 0 Å². The van der Waals surface area contributed by atoms with Crippen LogP contribution in [0.1, 0.15) is 52.4 Å². The first kappa shape index (κ1) is 14.8. The Morgan fingerprint density at radius 2 is 1.89 bits per heavy atom. The molecule has 0 aromatic heterocycles. The standard InChI is InChI=1S/C13H24N2O3/c1-3-4-10-5-7-11(8-6-10)15-13(18)14-9(2)12(16)17/h9-11H,3-8H2,1-2H3,(H,16,17)(H2,14,15,18). The van der Waals surface area contributed by atoms with Gasteiger partial charge >= 0.3 is 12.0 Å². The smallest absolute Gasteiger partial charge is 0.325 e. The predicted octanol–water partition coefficient (Wildman–Crippen LogP) is 2.12. The number of amides is 2. The zero-order valence-electron chi connectivity index (χ0n) is 11.2. The maximum Gasteiger partial charge on any atom is 0.325 e. The Balaban J connectivity index is 2.24. The Hall–Kier alpha value is -1.26. The third kappa shape index (κ3) is 4.94. The van der Waals surface area contributed by atoms with E-state index in [1.807, 2.05) is 0 Å². The Kier molecular flexibility index (Phi) is 5.95. The van der Waals surface area contributed by atoms with Crippen molar-refractivity contribution >= 4 is 12.0 Å². The van der Waals surface area contributed by atoms with Crippen LogP contribution in [-0.4, -0.2) is 29.2 Å². The van der Waals surface area contributed by atoms with Gasteiger partial charge in [0.25, 0.3) is 0 Å². The van der Waals surface area contributed by atoms with Gasteiger partial charge in [-0.15, -0.1) is 0 Å². The SMILES string of the molecule is CCCC1CCC(NC(=O)NC(C)C(=O)O)CC1. The van der Waals surface area contributed by atoms with Crippen molar-refractivity contribution in [2.75, 3.05) is 0 Å². The fraction of sp³-hybridized carbons (Fsp3) is 0.846. The van der Waals surface area contributed by atoms with E-state index in [0.29, 0.717) is 0 Å². The molecule has 1 atom stereocenters. The maximum atomic E-state index is 11.5. The average molecular weight is 256 g/mol. The number of carbonyl (C=O) groups is 2. The molecule has 0 radical (unpaired) electrons. The van der Waals surface area contributed by atoms with Crippen LogP contribution < -0.4 is 10.6 Å². The van der Waals surface area contributed by atoms with Crippen molar-refractivity contribution in [3.8, 4) is 0 Å². The van der Waals surface area contributed by atoms with E-state index in [1.165, 1.54) is 19.8 Å². The number of rotatable bonds is 5. The highest BCUT2D eigenvalue weighted by molar-refractivity contribution is 5.82. The third-order valence-corrected chi connectivity index (χ3v) is 3.60. The fourth-order valence-corrected chi connectivity index (χ4v) is 2.49. The van der Waals surface area contributed by atoms with Crippen LogP contribution in [0.2, 0.25) is 0 Å². The molecule has 5 heteroatoms. The lowest BCUT2D eigenvalue weighted by atomic mass is 9.83. The number of hydrogen-bond acceptors (Lipinski definition) is 2. The lowest BCUT2D eigenvalue weighted by Crippen LogP contribution is -2.48. The van der Waals surface area contributed by atoms with Crippen molar-refractivity contribution in [3.63, 3.8) is 0 Å². The summed E-state index contributed by atoms with van der Waals surface area (Å²) in [6, 6.07) is -1.02. The molecule has 0 saturated heterocycles. The van der Waals surface area contributed by atoms with E-state index in [2.05, 4.69) is 17.6 Å². The van der Waals surface area contributed by atoms with Crippen LogP contribution in [0.4, 0.5) is 4.79 Å². The number of carboxylic acids is 1. The van der Waals surface area contributed by atoms with Gasteiger partial charge in [-0.3, -0.25) is 4.79 Å². The van der Waals surface area contributed by atoms with E-state index in [9.17, 15) is 9.59 Å². The minimum Gasteiger partial charge on any atom is -0.480 e. The van der Waals surface area contributed by atoms with Gasteiger partial charge in [-0.1, -0.05) is 19.8 Å². The molecule has 2 amide bonds. The van der Waals surface area contributed by atoms with Crippen LogP contribution in [0.3, 0.4) is 0 Å². The predicted molar refractivity (Wildman–Crippen MR) is 69.4 cm³/mol. The molecule has 0 aliphatic heterocycles. The second kappa shape index (κ2) is 7.24. The summed E-state index contributed by atoms with van der Waals surface area (Å²) < 4.78 is 0. The van der Waals surface area contributed by atoms with Crippen LogP contribution in [0.15, 0.2) is 0 Å². The molecule has 1 aliphatic rings. The summed E-state index contributed by atoms with van der Waals surface area (Å²) in [6.07, 6.45) is 6.81. The van der Waals surface area contributed by atoms with E-state index in [4.69, 9.17) is 5.11 Å². The first-order chi connectivity index (χ1) is 8.52. The van der Waals surface area contributed by atoms with Crippen LogP contribution in [-0.2, 0) is 4.79 Å². The number of urea groups is 1. The molecule has 1 rings (SSSR count). The first-order valence-corrected chi connectivity index (χ1v) is 6.82. The van der Waals surface area contributed by atoms with Gasteiger partial charge in [-0.05, 0) is 38.5 Å². The minimum absolute atomic E-state index is 0.194. The zero-order chi connectivity index (χ0) is 13.5. The molecule has 5 nitrogen and oxygen atoms in total. The van der Waals surface area contributed by atoms with Crippen molar-refractivity contribution < 1.29 is 14.7 Å². The second-order valence-electron chi connectivity index (χ2n) is 5.18. The van der Waals surface area contributed by atoms with Crippen LogP contribution in [0, 0.1) is 5.92 Å². The number of nitrogens with one attached hydrogen (secondary N) is 2. The molecular weight excluding hydrogens is 232 g/mol. The summed E-state index contributed by atoms with van der Waals surface area (Å²) in [4.78, 5) is 22.1. The van der Waals surface area contributed by atoms with Crippen LogP contribution >= 0.6 is 0 Å². The molecule has 1 saturated carbocycles. The first-order valence-electron chi connectivity index (χ1n) is 6.82. The number of carboxylic acid groups (broad SMARTS) is 1. The monoisotopic (exact) mass is 256 g/mol. The molecule has 0 heterocycles. The van der Waals surface area contributed by atoms with Gasteiger partial charge in [0.1, 0.15) is 6.04 Å². The van der Waals surface area contributed by atoms with Crippen molar-refractivity contribution in [2.45, 2.75) is 64.5 Å². The molecule has 3 N–H and O–H groups in total. The molecule has 1 aliphatic carbocycles. The van der Waals surface area contributed by atoms with Crippen LogP contribution in [0.5, 0.6) is 0 Å². The van der Waals surface area contributed by atoms with Gasteiger partial charge < -0.3 is 15.7 Å². The fourth-order valence-electron chi connectivity index (χ4n) is 2.49. The Bertz CT molecular complexity index is 286. The van der Waals surface area contributed by atoms with Crippen molar-refractivity contribution in [1.82, 2.24) is 10.6 Å². The highest BCUT2D eigenvalue weighted by Gasteiger charge is 2.22. The van der Waals surface area contributed by atoms with E-state index in [1.54, 1.807) is 0 Å². The summed E-state index contributed by atoms with van der Waals surface area (Å²) in [6.45, 7) is 3.66. The van der Waals surface area contributed by atoms with Gasteiger partial charge in [0.15, 0.2) is 0 Å². The highest BCUT2D eigenvalue weighted by atomic mass is 16.4. The zero-order valence-corrected chi connectivity index (χ0v) is 11.2. The molecule has 104 valence electrons. The summed E-state index contributed by atoms with van der Waals surface area (Å²) >= 11 is 0. The molecule has 0 bridgehead atoms. The number of hydrogen-bond donors (Lipinski definition) is 3. The molecule has 0 spiro atoms. The highest BCUT2D eigenvalue weighted by Crippen LogP contribution is 2.27. The third-order valence-electron chi connectivity index (χ3n) is 3.60. The Labute approximate surface area is 108 Å². The van der Waals surface area contributed by atoms with Gasteiger partial charge in [0, 0.05) is 6.04 Å². The van der Waals surface area contributed by atoms with Gasteiger partial charge in [-0.25, -0.2) is 4.79 Å². The molecule has 1 fully saturated rings. The van der Waals surface area contributed by atoms with Crippen LogP contribution in [0.25, 0.3) is 0 Å². The Morgan fingerprint density at radius 1 is 1.28 bits per heavy atom. The quantitative estimate of drug-likeness (QED) is 0.705. The molecule has 18 heavy (non-hydrogen) atoms. The van der Waals surface area contributed by atoms with Crippen molar-refractivity contribution in [1.29, 1.82) is 0 Å². The van der Waals surface area contributed by atoms with E-state index in [0.717, 1.165) is 31.6 Å². The summed E-state index contributed by atoms with van der Waals surface area (Å²) in [7, 11) is 0. The normalized spacial score (nSPS) is 25.2. The second-order valence-corrected chi connectivity index (χ2v) is 5.18. The number of carbonyl (C=O) groups excluding carboxylic acids is 1. The minimum atomic E-state index is -1.02. The Morgan fingerprint density at radius 3 is 2.39 bits per heavy atom. The lowest BCUT2D eigenvalue weighted by molar-refractivity contribution is -0.138. The van der Waals surface area contributed by atoms with E-state index >= 15 is 0 Å². The molecule has 0 aromatic carbocycles. The summed E-state index contributed by atoms with van der Waals surface area (Å²) in [5, 5.41) is 14.0. The topological polar surface area (TPSA) is 78.4 Å². The van der Waals surface area contributed by atoms with E-state index in [-0.39, 0.29) is 12.1 Å². The van der Waals surface area contributed by atoms with E-state index < -0.39 is 12.0 Å². The van der Waals surface area contributed by atoms with Gasteiger partial charge in [0.2, 0.25) is 0 Å². The molecule has 0 aromatic rings. The number of aliphatic carboxylic acids is 1. The molecule has 1 unspecified atom stereocenters. The lowest BCUT2D eigenvalue weighted by Gasteiger charge is -2.29. The van der Waals surface area contributed by atoms with Crippen molar-refractivity contribution in [2.24, 2.45) is 5.92 Å². The largest absolute Gasteiger partial charge is 0.480 e. The molecular formula is C13H24N2O3. The average Bonchev–Trinajstić information content (AvgIpc) is 2.31. The van der Waals surface area contributed by atoms with Gasteiger partial charge in [0.05, 0.1) is 0 Å². The summed E-state index contributed by atoms with van der Waals surface area (Å²) in [5.41, 5.74) is 0. The summed E-state index contributed by atoms with van der Waals surface area (Å²) in [5.74, 6) is -0.217. The van der Waals surface area contributed by atoms with Gasteiger partial charge in [-0.2, -0.15) is 0 Å².